The highest BCUT2D eigenvalue weighted by Crippen LogP contribution is 2.25. The summed E-state index contributed by atoms with van der Waals surface area (Å²) in [6, 6.07) is 13.5. The Bertz CT molecular complexity index is 1020. The van der Waals surface area contributed by atoms with E-state index in [0.29, 0.717) is 17.9 Å². The summed E-state index contributed by atoms with van der Waals surface area (Å²) in [5.41, 5.74) is 6.21. The van der Waals surface area contributed by atoms with Crippen LogP contribution in [0.25, 0.3) is 10.8 Å². The van der Waals surface area contributed by atoms with Gasteiger partial charge < -0.3 is 14.0 Å². The number of aryl methyl sites for hydroxylation is 1. The van der Waals surface area contributed by atoms with Gasteiger partial charge in [0.1, 0.15) is 5.75 Å². The van der Waals surface area contributed by atoms with Crippen molar-refractivity contribution in [2.45, 2.75) is 20.4 Å². The third-order valence-corrected chi connectivity index (χ3v) is 4.81. The summed E-state index contributed by atoms with van der Waals surface area (Å²) in [5, 5.41) is 6.13. The third-order valence-electron chi connectivity index (χ3n) is 4.81. The molecular formula is C22H25N3O3. The van der Waals surface area contributed by atoms with Crippen LogP contribution in [0.1, 0.15) is 27.3 Å². The molecule has 146 valence electrons. The molecule has 0 bridgehead atoms. The molecule has 0 aliphatic carbocycles. The van der Waals surface area contributed by atoms with E-state index >= 15 is 0 Å². The summed E-state index contributed by atoms with van der Waals surface area (Å²) in [5.74, 6) is 0.205. The van der Waals surface area contributed by atoms with Crippen molar-refractivity contribution in [3.63, 3.8) is 0 Å². The molecule has 1 heterocycles. The standard InChI is InChI=1S/C22H25N3O3/c1-15-11-19(16(2)25(15)9-10-27-3)14-23-24-22(26)20-12-17-7-5-6-8-18(17)13-21(20)28-4/h5-8,11-14H,9-10H2,1-4H3,(H,24,26). The zero-order valence-corrected chi connectivity index (χ0v) is 16.7. The second kappa shape index (κ2) is 8.71. The van der Waals surface area contributed by atoms with E-state index in [2.05, 4.69) is 15.1 Å². The Labute approximate surface area is 164 Å². The highest BCUT2D eigenvalue weighted by molar-refractivity contribution is 6.02. The summed E-state index contributed by atoms with van der Waals surface area (Å²) < 4.78 is 12.7. The topological polar surface area (TPSA) is 64.8 Å². The van der Waals surface area contributed by atoms with Gasteiger partial charge in [-0.3, -0.25) is 4.79 Å². The minimum absolute atomic E-state index is 0.313. The van der Waals surface area contributed by atoms with Crippen LogP contribution in [0.2, 0.25) is 0 Å². The third kappa shape index (κ3) is 4.07. The molecule has 6 nitrogen and oxygen atoms in total. The monoisotopic (exact) mass is 379 g/mol. The SMILES string of the molecule is COCCn1c(C)cc(C=NNC(=O)c2cc3ccccc3cc2OC)c1C. The van der Waals surface area contributed by atoms with Gasteiger partial charge in [-0.1, -0.05) is 24.3 Å². The molecule has 3 aromatic rings. The highest BCUT2D eigenvalue weighted by Gasteiger charge is 2.13. The lowest BCUT2D eigenvalue weighted by molar-refractivity contribution is 0.0952. The lowest BCUT2D eigenvalue weighted by Gasteiger charge is -2.09. The number of benzene rings is 2. The molecule has 0 saturated heterocycles. The predicted octanol–water partition coefficient (Wildman–Crippen LogP) is 3.68. The second-order valence-electron chi connectivity index (χ2n) is 6.57. The minimum atomic E-state index is -0.313. The fraction of sp³-hybridized carbons (Fsp3) is 0.273. The van der Waals surface area contributed by atoms with Crippen LogP contribution < -0.4 is 10.2 Å². The number of hydrogen-bond donors (Lipinski definition) is 1. The van der Waals surface area contributed by atoms with Crippen molar-refractivity contribution < 1.29 is 14.3 Å². The van der Waals surface area contributed by atoms with Crippen molar-refractivity contribution in [1.29, 1.82) is 0 Å². The molecule has 1 N–H and O–H groups in total. The molecular weight excluding hydrogens is 354 g/mol. The predicted molar refractivity (Wildman–Crippen MR) is 111 cm³/mol. The average molecular weight is 379 g/mol. The number of carbonyl (C=O) groups excluding carboxylic acids is 1. The van der Waals surface area contributed by atoms with Gasteiger partial charge in [-0.15, -0.1) is 0 Å². The minimum Gasteiger partial charge on any atom is -0.496 e. The van der Waals surface area contributed by atoms with Crippen LogP contribution in [0.5, 0.6) is 5.75 Å². The first-order chi connectivity index (χ1) is 13.5. The second-order valence-corrected chi connectivity index (χ2v) is 6.57. The number of ether oxygens (including phenoxy) is 2. The van der Waals surface area contributed by atoms with Crippen LogP contribution in [0, 0.1) is 13.8 Å². The number of aromatic nitrogens is 1. The Kier molecular flexibility index (Phi) is 6.11. The Hall–Kier alpha value is -3.12. The van der Waals surface area contributed by atoms with Crippen molar-refractivity contribution in [3.05, 3.63) is 65.0 Å². The van der Waals surface area contributed by atoms with Gasteiger partial charge in [-0.05, 0) is 42.8 Å². The van der Waals surface area contributed by atoms with Crippen molar-refractivity contribution in [2.75, 3.05) is 20.8 Å². The van der Waals surface area contributed by atoms with Gasteiger partial charge >= 0.3 is 0 Å². The zero-order chi connectivity index (χ0) is 20.1. The summed E-state index contributed by atoms with van der Waals surface area (Å²) in [6.07, 6.45) is 1.66. The Morgan fingerprint density at radius 1 is 1.14 bits per heavy atom. The highest BCUT2D eigenvalue weighted by atomic mass is 16.5. The number of carbonyl (C=O) groups is 1. The lowest BCUT2D eigenvalue weighted by Crippen LogP contribution is -2.18. The van der Waals surface area contributed by atoms with E-state index in [1.165, 1.54) is 0 Å². The summed E-state index contributed by atoms with van der Waals surface area (Å²) >= 11 is 0. The average Bonchev–Trinajstić information content (AvgIpc) is 2.98. The fourth-order valence-electron chi connectivity index (χ4n) is 3.27. The first-order valence-corrected chi connectivity index (χ1v) is 9.11. The Morgan fingerprint density at radius 3 is 2.54 bits per heavy atom. The first kappa shape index (κ1) is 19.6. The van der Waals surface area contributed by atoms with Crippen LogP contribution in [-0.2, 0) is 11.3 Å². The molecule has 0 atom stereocenters. The van der Waals surface area contributed by atoms with Crippen LogP contribution in [0.3, 0.4) is 0 Å². The van der Waals surface area contributed by atoms with E-state index in [4.69, 9.17) is 9.47 Å². The maximum absolute atomic E-state index is 12.6. The maximum Gasteiger partial charge on any atom is 0.275 e. The number of methoxy groups -OCH3 is 2. The number of fused-ring (bicyclic) bond motifs is 1. The van der Waals surface area contributed by atoms with Crippen LogP contribution in [-0.4, -0.2) is 37.5 Å². The van der Waals surface area contributed by atoms with Gasteiger partial charge in [0.15, 0.2) is 0 Å². The van der Waals surface area contributed by atoms with Gasteiger partial charge in [0.2, 0.25) is 0 Å². The molecule has 0 aliphatic heterocycles. The van der Waals surface area contributed by atoms with Crippen LogP contribution >= 0.6 is 0 Å². The quantitative estimate of drug-likeness (QED) is 0.503. The lowest BCUT2D eigenvalue weighted by atomic mass is 10.1. The molecule has 3 rings (SSSR count). The largest absolute Gasteiger partial charge is 0.496 e. The molecule has 1 aromatic heterocycles. The number of nitrogens with one attached hydrogen (secondary N) is 1. The number of hydrazone groups is 1. The van der Waals surface area contributed by atoms with Crippen molar-refractivity contribution in [3.8, 4) is 5.75 Å². The zero-order valence-electron chi connectivity index (χ0n) is 16.7. The van der Waals surface area contributed by atoms with E-state index in [-0.39, 0.29) is 5.91 Å². The molecule has 0 saturated carbocycles. The number of hydrogen-bond acceptors (Lipinski definition) is 4. The van der Waals surface area contributed by atoms with Gasteiger partial charge in [0, 0.05) is 30.6 Å². The van der Waals surface area contributed by atoms with Crippen LogP contribution in [0.4, 0.5) is 0 Å². The molecule has 0 spiro atoms. The van der Waals surface area contributed by atoms with Gasteiger partial charge in [-0.25, -0.2) is 5.43 Å². The molecule has 0 fully saturated rings. The van der Waals surface area contributed by atoms with Crippen LogP contribution in [0.15, 0.2) is 47.6 Å². The molecule has 0 radical (unpaired) electrons. The van der Waals surface area contributed by atoms with Gasteiger partial charge in [0.25, 0.3) is 5.91 Å². The fourth-order valence-corrected chi connectivity index (χ4v) is 3.27. The molecule has 1 amide bonds. The number of amides is 1. The summed E-state index contributed by atoms with van der Waals surface area (Å²) in [6.45, 7) is 5.49. The molecule has 2 aromatic carbocycles. The Balaban J connectivity index is 1.78. The summed E-state index contributed by atoms with van der Waals surface area (Å²) in [7, 11) is 3.24. The molecule has 0 aliphatic rings. The van der Waals surface area contributed by atoms with Crippen molar-refractivity contribution in [1.82, 2.24) is 9.99 Å². The van der Waals surface area contributed by atoms with E-state index in [9.17, 15) is 4.79 Å². The normalized spacial score (nSPS) is 11.3. The Morgan fingerprint density at radius 2 is 1.86 bits per heavy atom. The molecule has 28 heavy (non-hydrogen) atoms. The molecule has 0 unspecified atom stereocenters. The summed E-state index contributed by atoms with van der Waals surface area (Å²) in [4.78, 5) is 12.6. The van der Waals surface area contributed by atoms with Gasteiger partial charge in [0.05, 0.1) is 25.5 Å². The van der Waals surface area contributed by atoms with Crippen molar-refractivity contribution in [2.24, 2.45) is 5.10 Å². The van der Waals surface area contributed by atoms with E-state index < -0.39 is 0 Å². The van der Waals surface area contributed by atoms with Gasteiger partial charge in [-0.2, -0.15) is 5.10 Å². The first-order valence-electron chi connectivity index (χ1n) is 9.11. The van der Waals surface area contributed by atoms with Crippen molar-refractivity contribution >= 4 is 22.9 Å². The van der Waals surface area contributed by atoms with E-state index in [1.54, 1.807) is 20.4 Å². The smallest absolute Gasteiger partial charge is 0.275 e. The molecule has 6 heteroatoms. The number of nitrogens with zero attached hydrogens (tertiary/aromatic N) is 2. The maximum atomic E-state index is 12.6. The van der Waals surface area contributed by atoms with E-state index in [1.807, 2.05) is 56.3 Å². The van der Waals surface area contributed by atoms with E-state index in [0.717, 1.165) is 34.3 Å². The number of rotatable bonds is 7.